The van der Waals surface area contributed by atoms with Crippen molar-refractivity contribution in [3.05, 3.63) is 146 Å². The Hall–Kier alpha value is -2.83. The Bertz CT molecular complexity index is 985. The maximum Gasteiger partial charge on any atom is 0.102 e. The van der Waals surface area contributed by atoms with E-state index in [0.717, 1.165) is 10.6 Å². The van der Waals surface area contributed by atoms with E-state index < -0.39 is 7.92 Å². The number of hydrogen-bond acceptors (Lipinski definition) is 2. The maximum absolute atomic E-state index is 5.38. The van der Waals surface area contributed by atoms with E-state index in [-0.39, 0.29) is 16.5 Å². The largest absolute Gasteiger partial charge is 0.780 e. The van der Waals surface area contributed by atoms with E-state index in [1.54, 1.807) is 12.1 Å². The summed E-state index contributed by atoms with van der Waals surface area (Å²) in [5, 5.41) is 4.31. The Kier molecular flexibility index (Phi) is 12.1. The second-order valence-corrected chi connectivity index (χ2v) is 9.96. The van der Waals surface area contributed by atoms with Gasteiger partial charge in [-0.2, -0.15) is 23.1 Å². The Morgan fingerprint density at radius 3 is 1.15 bits per heavy atom. The summed E-state index contributed by atoms with van der Waals surface area (Å²) in [4.78, 5) is 0.833. The van der Waals surface area contributed by atoms with Crippen LogP contribution < -0.4 is 21.6 Å². The average Bonchev–Trinajstić information content (AvgIpc) is 3.44. The number of hydrogen-bond donors (Lipinski definition) is 1. The standard InChI is InChI=1S/C18H15P.C6H7NS.C5H5.Ni/c1-4-10-16(11-5-1)19(17-12-6-2-7-13-17)18-14-8-3-9-15-18;7-5-1-3-6(8)4-2-5;1-2-4-5-3-1;/h1-15H;1-4,8H,7H2;1-5H;/q;;-1;. The molecule has 0 amide bonds. The van der Waals surface area contributed by atoms with Crippen LogP contribution >= 0.6 is 7.92 Å². The zero-order valence-electron chi connectivity index (χ0n) is 18.2. The third kappa shape index (κ3) is 9.28. The van der Waals surface area contributed by atoms with Gasteiger partial charge in [0.1, 0.15) is 15.9 Å². The summed E-state index contributed by atoms with van der Waals surface area (Å²) in [6.45, 7) is 0. The van der Waals surface area contributed by atoms with Gasteiger partial charge >= 0.3 is 0 Å². The van der Waals surface area contributed by atoms with Crippen LogP contribution in [0.5, 0.6) is 0 Å². The molecule has 0 atom stereocenters. The first-order valence-corrected chi connectivity index (χ1v) is 12.4. The molecular weight excluding hydrogens is 484 g/mol. The first-order chi connectivity index (χ1) is 15.7. The van der Waals surface area contributed by atoms with Crippen molar-refractivity contribution in [2.45, 2.75) is 4.90 Å². The maximum atomic E-state index is 5.38. The minimum absolute atomic E-state index is 0. The zero-order chi connectivity index (χ0) is 22.4. The van der Waals surface area contributed by atoms with Crippen LogP contribution in [0.4, 0.5) is 5.69 Å². The van der Waals surface area contributed by atoms with E-state index in [9.17, 15) is 0 Å². The summed E-state index contributed by atoms with van der Waals surface area (Å²) in [5.74, 6) is 0. The molecule has 0 aliphatic heterocycles. The number of anilines is 1. The van der Waals surface area contributed by atoms with Gasteiger partial charge in [0, 0.05) is 22.2 Å². The second kappa shape index (κ2) is 15.1. The van der Waals surface area contributed by atoms with Crippen LogP contribution in [0.25, 0.3) is 0 Å². The molecule has 33 heavy (non-hydrogen) atoms. The van der Waals surface area contributed by atoms with Gasteiger partial charge in [0.15, 0.2) is 0 Å². The normalized spacial score (nSPS) is 9.48. The fraction of sp³-hybridized carbons (Fsp3) is 0. The fourth-order valence-electron chi connectivity index (χ4n) is 3.10. The number of rotatable bonds is 3. The van der Waals surface area contributed by atoms with Gasteiger partial charge < -0.3 is 18.4 Å². The van der Waals surface area contributed by atoms with Crippen LogP contribution in [0.15, 0.2) is 150 Å². The van der Waals surface area contributed by atoms with Gasteiger partial charge in [0.25, 0.3) is 0 Å². The minimum Gasteiger partial charge on any atom is -0.780 e. The summed E-state index contributed by atoms with van der Waals surface area (Å²) in [5.41, 5.74) is 6.14. The zero-order valence-corrected chi connectivity index (χ0v) is 21.0. The van der Waals surface area contributed by atoms with Crippen LogP contribution in [0.1, 0.15) is 0 Å². The van der Waals surface area contributed by atoms with E-state index in [2.05, 4.69) is 91.0 Å². The third-order valence-corrected chi connectivity index (χ3v) is 7.63. The van der Waals surface area contributed by atoms with Gasteiger partial charge in [-0.1, -0.05) is 66.7 Å². The van der Waals surface area contributed by atoms with Crippen molar-refractivity contribution < 1.29 is 16.5 Å². The predicted octanol–water partition coefficient (Wildman–Crippen LogP) is 5.75. The molecule has 5 aromatic rings. The van der Waals surface area contributed by atoms with Gasteiger partial charge in [-0.3, -0.25) is 0 Å². The summed E-state index contributed by atoms with van der Waals surface area (Å²) >= 11 is 4.82. The van der Waals surface area contributed by atoms with E-state index in [1.165, 1.54) is 15.9 Å². The van der Waals surface area contributed by atoms with Gasteiger partial charge in [-0.15, -0.1) is 0 Å². The fourth-order valence-corrected chi connectivity index (χ4v) is 5.82. The van der Waals surface area contributed by atoms with Gasteiger partial charge in [0.05, 0.1) is 7.92 Å². The average molecular weight is 511 g/mol. The molecule has 5 aromatic carbocycles. The molecule has 0 bridgehead atoms. The molecule has 4 heteroatoms. The molecule has 0 aliphatic carbocycles. The molecule has 0 aromatic heterocycles. The smallest absolute Gasteiger partial charge is 0.102 e. The molecule has 0 saturated carbocycles. The van der Waals surface area contributed by atoms with Gasteiger partial charge in [0.2, 0.25) is 0 Å². The van der Waals surface area contributed by atoms with E-state index in [1.807, 2.05) is 42.5 Å². The Balaban J connectivity index is 0.000000227. The number of nitrogens with two attached hydrogens (primary N) is 1. The quantitative estimate of drug-likeness (QED) is 0.110. The molecule has 0 aliphatic rings. The van der Waals surface area contributed by atoms with Crippen molar-refractivity contribution in [1.29, 1.82) is 0 Å². The molecule has 0 radical (unpaired) electrons. The Morgan fingerprint density at radius 2 is 0.879 bits per heavy atom. The van der Waals surface area contributed by atoms with Crippen LogP contribution in [-0.2, 0) is 29.1 Å². The number of nitrogen functional groups attached to an aromatic ring is 1. The van der Waals surface area contributed by atoms with E-state index >= 15 is 0 Å². The molecular formula is C29H27NNiPS-. The summed E-state index contributed by atoms with van der Waals surface area (Å²) in [6, 6.07) is 49.7. The van der Waals surface area contributed by atoms with Crippen molar-refractivity contribution in [1.82, 2.24) is 0 Å². The summed E-state index contributed by atoms with van der Waals surface area (Å²) in [6.07, 6.45) is 0. The molecule has 0 unspecified atom stereocenters. The molecule has 0 fully saturated rings. The van der Waals surface area contributed by atoms with Crippen molar-refractivity contribution in [2.24, 2.45) is 0 Å². The molecule has 0 saturated heterocycles. The first kappa shape index (κ1) is 26.4. The summed E-state index contributed by atoms with van der Waals surface area (Å²) in [7, 11) is -0.877. The second-order valence-electron chi connectivity index (χ2n) is 7.00. The topological polar surface area (TPSA) is 26.0 Å². The van der Waals surface area contributed by atoms with Crippen LogP contribution in [0.2, 0.25) is 0 Å². The third-order valence-electron chi connectivity index (χ3n) is 4.62. The molecule has 2 N–H and O–H groups in total. The monoisotopic (exact) mass is 510 g/mol. The van der Waals surface area contributed by atoms with E-state index in [0.29, 0.717) is 0 Å². The van der Waals surface area contributed by atoms with Crippen LogP contribution in [0.3, 0.4) is 0 Å². The predicted molar refractivity (Wildman–Crippen MR) is 145 cm³/mol. The van der Waals surface area contributed by atoms with Crippen LogP contribution in [-0.4, -0.2) is 0 Å². The van der Waals surface area contributed by atoms with Gasteiger partial charge in [-0.25, -0.2) is 12.1 Å². The molecule has 0 heterocycles. The first-order valence-electron chi connectivity index (χ1n) is 10.5. The minimum atomic E-state index is -0.877. The Morgan fingerprint density at radius 1 is 0.515 bits per heavy atom. The SMILES string of the molecule is Nc1ccc([S-])cc1.[Ni].c1cc[cH-]c1.c1ccc([PH+](c2ccccc2)c2ccccc2)cc1. The Labute approximate surface area is 214 Å². The van der Waals surface area contributed by atoms with Crippen molar-refractivity contribution in [2.75, 3.05) is 5.73 Å². The van der Waals surface area contributed by atoms with Crippen molar-refractivity contribution in [3.63, 3.8) is 0 Å². The molecule has 0 spiro atoms. The summed E-state index contributed by atoms with van der Waals surface area (Å²) < 4.78 is 0. The van der Waals surface area contributed by atoms with Crippen molar-refractivity contribution in [3.8, 4) is 0 Å². The van der Waals surface area contributed by atoms with E-state index in [4.69, 9.17) is 18.4 Å². The molecule has 1 nitrogen and oxygen atoms in total. The molecule has 170 valence electrons. The van der Waals surface area contributed by atoms with Crippen molar-refractivity contribution >= 4 is 42.2 Å². The van der Waals surface area contributed by atoms with Gasteiger partial charge in [-0.05, 0) is 48.5 Å². The molecule has 5 rings (SSSR count). The number of benzene rings is 4. The van der Waals surface area contributed by atoms with Crippen LogP contribution in [0, 0.1) is 0 Å².